The molecular weight excluding hydrogens is 166 g/mol. The predicted molar refractivity (Wildman–Crippen MR) is 50.0 cm³/mol. The van der Waals surface area contributed by atoms with Crippen molar-refractivity contribution >= 4 is 0 Å². The van der Waals surface area contributed by atoms with Crippen LogP contribution in [0.15, 0.2) is 12.1 Å². The molecule has 0 saturated heterocycles. The van der Waals surface area contributed by atoms with Crippen LogP contribution in [0.4, 0.5) is 0 Å². The van der Waals surface area contributed by atoms with Crippen LogP contribution in [0.1, 0.15) is 11.1 Å². The van der Waals surface area contributed by atoms with Crippen molar-refractivity contribution in [2.75, 3.05) is 13.2 Å². The van der Waals surface area contributed by atoms with E-state index in [0.29, 0.717) is 6.61 Å². The van der Waals surface area contributed by atoms with E-state index in [2.05, 4.69) is 5.32 Å². The number of hydrogen-bond donors (Lipinski definition) is 2. The molecule has 0 atom stereocenters. The zero-order chi connectivity index (χ0) is 9.26. The van der Waals surface area contributed by atoms with E-state index in [-0.39, 0.29) is 5.75 Å². The van der Waals surface area contributed by atoms with Gasteiger partial charge < -0.3 is 15.2 Å². The first kappa shape index (κ1) is 8.38. The Labute approximate surface area is 77.3 Å². The lowest BCUT2D eigenvalue weighted by molar-refractivity contribution is 0.323. The summed E-state index contributed by atoms with van der Waals surface area (Å²) in [5.41, 5.74) is 2.22. The number of rotatable bonds is 0. The van der Waals surface area contributed by atoms with Gasteiger partial charge in [-0.25, -0.2) is 0 Å². The van der Waals surface area contributed by atoms with Gasteiger partial charge in [0.05, 0.1) is 0 Å². The van der Waals surface area contributed by atoms with Gasteiger partial charge in [-0.3, -0.25) is 0 Å². The van der Waals surface area contributed by atoms with Crippen molar-refractivity contribution < 1.29 is 9.84 Å². The number of phenolic OH excluding ortho intramolecular Hbond substituents is 1. The molecule has 13 heavy (non-hydrogen) atoms. The van der Waals surface area contributed by atoms with E-state index < -0.39 is 0 Å². The van der Waals surface area contributed by atoms with Gasteiger partial charge in [0.2, 0.25) is 0 Å². The molecule has 2 rings (SSSR count). The summed E-state index contributed by atoms with van der Waals surface area (Å²) >= 11 is 0. The van der Waals surface area contributed by atoms with Crippen LogP contribution in [0.3, 0.4) is 0 Å². The molecule has 2 N–H and O–H groups in total. The number of ether oxygens (including phenoxy) is 1. The van der Waals surface area contributed by atoms with E-state index in [0.717, 1.165) is 30.0 Å². The number of phenols is 1. The number of aromatic hydroxyl groups is 1. The van der Waals surface area contributed by atoms with Crippen molar-refractivity contribution in [1.82, 2.24) is 5.32 Å². The smallest absolute Gasteiger partial charge is 0.127 e. The third-order valence-corrected chi connectivity index (χ3v) is 2.25. The van der Waals surface area contributed by atoms with Crippen LogP contribution < -0.4 is 10.1 Å². The summed E-state index contributed by atoms with van der Waals surface area (Å²) in [6.45, 7) is 4.32. The first-order valence-electron chi connectivity index (χ1n) is 4.43. The molecule has 0 fully saturated rings. The Morgan fingerprint density at radius 1 is 1.46 bits per heavy atom. The van der Waals surface area contributed by atoms with E-state index >= 15 is 0 Å². The van der Waals surface area contributed by atoms with Gasteiger partial charge in [-0.15, -0.1) is 0 Å². The molecule has 1 aromatic carbocycles. The van der Waals surface area contributed by atoms with Crippen molar-refractivity contribution in [3.8, 4) is 11.5 Å². The molecule has 0 unspecified atom stereocenters. The predicted octanol–water partition coefficient (Wildman–Crippen LogP) is 1.18. The molecule has 1 aliphatic heterocycles. The van der Waals surface area contributed by atoms with Gasteiger partial charge in [-0.1, -0.05) is 0 Å². The van der Waals surface area contributed by atoms with Crippen LogP contribution >= 0.6 is 0 Å². The second kappa shape index (κ2) is 3.26. The summed E-state index contributed by atoms with van der Waals surface area (Å²) in [5, 5.41) is 12.6. The average molecular weight is 179 g/mol. The number of aryl methyl sites for hydroxylation is 1. The van der Waals surface area contributed by atoms with Gasteiger partial charge in [0.15, 0.2) is 0 Å². The van der Waals surface area contributed by atoms with Gasteiger partial charge in [0, 0.05) is 24.7 Å². The van der Waals surface area contributed by atoms with Crippen molar-refractivity contribution in [2.24, 2.45) is 0 Å². The second-order valence-electron chi connectivity index (χ2n) is 3.26. The van der Waals surface area contributed by atoms with Crippen LogP contribution in [0.5, 0.6) is 11.5 Å². The van der Waals surface area contributed by atoms with Crippen LogP contribution in [0.2, 0.25) is 0 Å². The quantitative estimate of drug-likeness (QED) is 0.628. The molecule has 0 amide bonds. The fourth-order valence-electron chi connectivity index (χ4n) is 1.57. The third kappa shape index (κ3) is 1.60. The fraction of sp³-hybridized carbons (Fsp3) is 0.400. The van der Waals surface area contributed by atoms with Crippen molar-refractivity contribution in [1.29, 1.82) is 0 Å². The number of benzene rings is 1. The lowest BCUT2D eigenvalue weighted by Crippen LogP contribution is -2.16. The Morgan fingerprint density at radius 2 is 2.31 bits per heavy atom. The highest BCUT2D eigenvalue weighted by Crippen LogP contribution is 2.28. The molecule has 1 aromatic rings. The minimum Gasteiger partial charge on any atom is -0.508 e. The summed E-state index contributed by atoms with van der Waals surface area (Å²) in [6.07, 6.45) is 0. The molecule has 3 nitrogen and oxygen atoms in total. The molecule has 1 aliphatic rings. The SMILES string of the molecule is Cc1cc(O)cc2c1CNCCO2. The van der Waals surface area contributed by atoms with E-state index in [1.807, 2.05) is 6.92 Å². The monoisotopic (exact) mass is 179 g/mol. The molecule has 0 saturated carbocycles. The zero-order valence-electron chi connectivity index (χ0n) is 7.63. The van der Waals surface area contributed by atoms with Crippen LogP contribution in [-0.2, 0) is 6.54 Å². The molecule has 0 aromatic heterocycles. The molecule has 3 heteroatoms. The van der Waals surface area contributed by atoms with E-state index in [1.165, 1.54) is 0 Å². The molecule has 0 radical (unpaired) electrons. The Bertz CT molecular complexity index is 323. The molecule has 70 valence electrons. The molecule has 0 aliphatic carbocycles. The van der Waals surface area contributed by atoms with Gasteiger partial charge in [-0.05, 0) is 18.6 Å². The van der Waals surface area contributed by atoms with E-state index in [4.69, 9.17) is 4.74 Å². The lowest BCUT2D eigenvalue weighted by atomic mass is 10.1. The summed E-state index contributed by atoms with van der Waals surface area (Å²) in [4.78, 5) is 0. The highest BCUT2D eigenvalue weighted by atomic mass is 16.5. The largest absolute Gasteiger partial charge is 0.508 e. The average Bonchev–Trinajstić information content (AvgIpc) is 2.28. The third-order valence-electron chi connectivity index (χ3n) is 2.25. The lowest BCUT2D eigenvalue weighted by Gasteiger charge is -2.09. The van der Waals surface area contributed by atoms with Gasteiger partial charge >= 0.3 is 0 Å². The van der Waals surface area contributed by atoms with Gasteiger partial charge in [0.1, 0.15) is 18.1 Å². The zero-order valence-corrected chi connectivity index (χ0v) is 7.63. The maximum absolute atomic E-state index is 9.36. The maximum Gasteiger partial charge on any atom is 0.127 e. The molecule has 0 spiro atoms. The van der Waals surface area contributed by atoms with Crippen molar-refractivity contribution in [3.63, 3.8) is 0 Å². The van der Waals surface area contributed by atoms with Crippen LogP contribution in [0.25, 0.3) is 0 Å². The standard InChI is InChI=1S/C10H13NO2/c1-7-4-8(12)5-10-9(7)6-11-2-3-13-10/h4-5,11-12H,2-3,6H2,1H3. The summed E-state index contributed by atoms with van der Waals surface area (Å²) in [5.74, 6) is 1.08. The Balaban J connectivity index is 2.47. The summed E-state index contributed by atoms with van der Waals surface area (Å²) < 4.78 is 5.49. The Hall–Kier alpha value is -1.22. The highest BCUT2D eigenvalue weighted by Gasteiger charge is 2.11. The summed E-state index contributed by atoms with van der Waals surface area (Å²) in [6, 6.07) is 3.44. The first-order valence-corrected chi connectivity index (χ1v) is 4.43. The number of nitrogens with one attached hydrogen (secondary N) is 1. The normalized spacial score (nSPS) is 15.8. The number of hydrogen-bond acceptors (Lipinski definition) is 3. The Kier molecular flexibility index (Phi) is 2.10. The topological polar surface area (TPSA) is 41.5 Å². The minimum absolute atomic E-state index is 0.276. The molecule has 1 heterocycles. The van der Waals surface area contributed by atoms with E-state index in [9.17, 15) is 5.11 Å². The van der Waals surface area contributed by atoms with Gasteiger partial charge in [0.25, 0.3) is 0 Å². The van der Waals surface area contributed by atoms with E-state index in [1.54, 1.807) is 12.1 Å². The fourth-order valence-corrected chi connectivity index (χ4v) is 1.57. The molecule has 0 bridgehead atoms. The van der Waals surface area contributed by atoms with Crippen LogP contribution in [0, 0.1) is 6.92 Å². The van der Waals surface area contributed by atoms with Crippen molar-refractivity contribution in [3.05, 3.63) is 23.3 Å². The Morgan fingerprint density at radius 3 is 3.15 bits per heavy atom. The van der Waals surface area contributed by atoms with Crippen molar-refractivity contribution in [2.45, 2.75) is 13.5 Å². The first-order chi connectivity index (χ1) is 6.27. The highest BCUT2D eigenvalue weighted by molar-refractivity contribution is 5.45. The second-order valence-corrected chi connectivity index (χ2v) is 3.26. The molecular formula is C10H13NO2. The summed E-state index contributed by atoms with van der Waals surface area (Å²) in [7, 11) is 0. The number of fused-ring (bicyclic) bond motifs is 1. The maximum atomic E-state index is 9.36. The van der Waals surface area contributed by atoms with Crippen LogP contribution in [-0.4, -0.2) is 18.3 Å². The minimum atomic E-state index is 0.276. The van der Waals surface area contributed by atoms with Gasteiger partial charge in [-0.2, -0.15) is 0 Å².